The fraction of sp³-hybridized carbons (Fsp3) is 0.769. The number of amides is 1. The maximum Gasteiger partial charge on any atom is 0.221 e. The largest absolute Gasteiger partial charge is 0.340 e. The molecule has 0 atom stereocenters. The maximum absolute atomic E-state index is 11.6. The number of rotatable bonds is 4. The van der Waals surface area contributed by atoms with E-state index in [1.165, 1.54) is 12.8 Å². The van der Waals surface area contributed by atoms with Gasteiger partial charge in [-0.1, -0.05) is 5.92 Å². The van der Waals surface area contributed by atoms with Gasteiger partial charge in [0.25, 0.3) is 0 Å². The number of nitrogens with one attached hydrogen (secondary N) is 2. The average Bonchev–Trinajstić information content (AvgIpc) is 2.27. The molecule has 3 nitrogen and oxygen atoms in total. The van der Waals surface area contributed by atoms with E-state index in [4.69, 9.17) is 6.42 Å². The Morgan fingerprint density at radius 3 is 2.69 bits per heavy atom. The zero-order valence-electron chi connectivity index (χ0n) is 10.3. The molecule has 1 heterocycles. The van der Waals surface area contributed by atoms with Gasteiger partial charge < -0.3 is 10.6 Å². The lowest BCUT2D eigenvalue weighted by Crippen LogP contribution is -2.42. The molecule has 0 aliphatic carbocycles. The first-order valence-corrected chi connectivity index (χ1v) is 6.03. The van der Waals surface area contributed by atoms with Gasteiger partial charge in [-0.2, -0.15) is 0 Å². The van der Waals surface area contributed by atoms with Gasteiger partial charge in [-0.15, -0.1) is 6.42 Å². The van der Waals surface area contributed by atoms with Crippen molar-refractivity contribution in [2.24, 2.45) is 5.92 Å². The standard InChI is InChI=1S/C13H22N2O/c1-4-13(2,3)15-12(16)6-5-11-7-9-14-10-8-11/h1,11,14H,5-10H2,2-3H3,(H,15,16). The summed E-state index contributed by atoms with van der Waals surface area (Å²) in [6, 6.07) is 0. The Morgan fingerprint density at radius 2 is 2.12 bits per heavy atom. The van der Waals surface area contributed by atoms with Crippen molar-refractivity contribution in [3.63, 3.8) is 0 Å². The lowest BCUT2D eigenvalue weighted by molar-refractivity contribution is -0.122. The smallest absolute Gasteiger partial charge is 0.221 e. The van der Waals surface area contributed by atoms with E-state index in [0.717, 1.165) is 19.5 Å². The maximum atomic E-state index is 11.6. The van der Waals surface area contributed by atoms with Crippen molar-refractivity contribution in [1.29, 1.82) is 0 Å². The molecule has 0 bridgehead atoms. The first-order valence-electron chi connectivity index (χ1n) is 6.03. The Kier molecular flexibility index (Phi) is 4.82. The van der Waals surface area contributed by atoms with E-state index in [1.807, 2.05) is 13.8 Å². The van der Waals surface area contributed by atoms with E-state index in [9.17, 15) is 4.79 Å². The lowest BCUT2D eigenvalue weighted by Gasteiger charge is -2.23. The van der Waals surface area contributed by atoms with Gasteiger partial charge in [-0.05, 0) is 52.1 Å². The highest BCUT2D eigenvalue weighted by Crippen LogP contribution is 2.17. The third kappa shape index (κ3) is 4.67. The molecule has 1 aliphatic heterocycles. The molecule has 0 saturated carbocycles. The molecule has 1 fully saturated rings. The van der Waals surface area contributed by atoms with Crippen molar-refractivity contribution in [2.75, 3.05) is 13.1 Å². The number of carbonyl (C=O) groups is 1. The summed E-state index contributed by atoms with van der Waals surface area (Å²) < 4.78 is 0. The summed E-state index contributed by atoms with van der Waals surface area (Å²) in [6.07, 6.45) is 9.27. The minimum atomic E-state index is -0.523. The molecular formula is C13H22N2O. The molecule has 1 rings (SSSR count). The first kappa shape index (κ1) is 13.1. The van der Waals surface area contributed by atoms with Crippen LogP contribution in [0.1, 0.15) is 39.5 Å². The van der Waals surface area contributed by atoms with Gasteiger partial charge in [-0.25, -0.2) is 0 Å². The second-order valence-electron chi connectivity index (χ2n) is 5.05. The minimum Gasteiger partial charge on any atom is -0.340 e. The molecule has 3 heteroatoms. The molecule has 0 aromatic carbocycles. The van der Waals surface area contributed by atoms with Gasteiger partial charge in [0.1, 0.15) is 0 Å². The highest BCUT2D eigenvalue weighted by Gasteiger charge is 2.19. The molecule has 2 N–H and O–H groups in total. The van der Waals surface area contributed by atoms with E-state index in [0.29, 0.717) is 12.3 Å². The predicted molar refractivity (Wildman–Crippen MR) is 65.9 cm³/mol. The molecule has 0 unspecified atom stereocenters. The predicted octanol–water partition coefficient (Wildman–Crippen LogP) is 1.29. The van der Waals surface area contributed by atoms with E-state index >= 15 is 0 Å². The summed E-state index contributed by atoms with van der Waals surface area (Å²) in [4.78, 5) is 11.6. The number of piperidine rings is 1. The van der Waals surface area contributed by atoms with Crippen molar-refractivity contribution in [3.8, 4) is 12.3 Å². The number of carbonyl (C=O) groups excluding carboxylic acids is 1. The van der Waals surface area contributed by atoms with Gasteiger partial charge in [0.2, 0.25) is 5.91 Å². The van der Waals surface area contributed by atoms with Crippen LogP contribution in [-0.4, -0.2) is 24.5 Å². The zero-order valence-corrected chi connectivity index (χ0v) is 10.3. The van der Waals surface area contributed by atoms with E-state index in [2.05, 4.69) is 16.6 Å². The molecule has 90 valence electrons. The van der Waals surface area contributed by atoms with Crippen LogP contribution >= 0.6 is 0 Å². The fourth-order valence-electron chi connectivity index (χ4n) is 1.95. The topological polar surface area (TPSA) is 41.1 Å². The normalized spacial score (nSPS) is 17.8. The van der Waals surface area contributed by atoms with Gasteiger partial charge in [0.05, 0.1) is 5.54 Å². The van der Waals surface area contributed by atoms with Crippen LogP contribution in [0.15, 0.2) is 0 Å². The molecule has 0 aromatic heterocycles. The Bertz CT molecular complexity index is 272. The zero-order chi connectivity index (χ0) is 12.0. The Labute approximate surface area is 98.4 Å². The van der Waals surface area contributed by atoms with Crippen LogP contribution in [0.5, 0.6) is 0 Å². The Morgan fingerprint density at radius 1 is 1.50 bits per heavy atom. The highest BCUT2D eigenvalue weighted by molar-refractivity contribution is 5.77. The molecule has 0 aromatic rings. The first-order chi connectivity index (χ1) is 7.53. The van der Waals surface area contributed by atoms with Crippen LogP contribution in [0.2, 0.25) is 0 Å². The molecule has 1 aliphatic rings. The summed E-state index contributed by atoms with van der Waals surface area (Å²) in [7, 11) is 0. The third-order valence-corrected chi connectivity index (χ3v) is 3.05. The van der Waals surface area contributed by atoms with Crippen molar-refractivity contribution in [3.05, 3.63) is 0 Å². The average molecular weight is 222 g/mol. The van der Waals surface area contributed by atoms with Gasteiger partial charge in [0, 0.05) is 6.42 Å². The fourth-order valence-corrected chi connectivity index (χ4v) is 1.95. The van der Waals surface area contributed by atoms with Crippen molar-refractivity contribution < 1.29 is 4.79 Å². The number of hydrogen-bond donors (Lipinski definition) is 2. The second-order valence-corrected chi connectivity index (χ2v) is 5.05. The number of hydrogen-bond acceptors (Lipinski definition) is 2. The van der Waals surface area contributed by atoms with Crippen molar-refractivity contribution in [1.82, 2.24) is 10.6 Å². The SMILES string of the molecule is C#CC(C)(C)NC(=O)CCC1CCNCC1. The van der Waals surface area contributed by atoms with Gasteiger partial charge in [-0.3, -0.25) is 4.79 Å². The summed E-state index contributed by atoms with van der Waals surface area (Å²) >= 11 is 0. The molecule has 0 spiro atoms. The van der Waals surface area contributed by atoms with Crippen molar-refractivity contribution >= 4 is 5.91 Å². The van der Waals surface area contributed by atoms with E-state index in [-0.39, 0.29) is 5.91 Å². The van der Waals surface area contributed by atoms with E-state index < -0.39 is 5.54 Å². The van der Waals surface area contributed by atoms with Gasteiger partial charge in [0.15, 0.2) is 0 Å². The highest BCUT2D eigenvalue weighted by atomic mass is 16.1. The summed E-state index contributed by atoms with van der Waals surface area (Å²) in [6.45, 7) is 5.86. The third-order valence-electron chi connectivity index (χ3n) is 3.05. The molecule has 1 amide bonds. The van der Waals surface area contributed by atoms with Gasteiger partial charge >= 0.3 is 0 Å². The monoisotopic (exact) mass is 222 g/mol. The summed E-state index contributed by atoms with van der Waals surface area (Å²) in [5.74, 6) is 3.33. The van der Waals surface area contributed by atoms with Crippen LogP contribution in [0.3, 0.4) is 0 Å². The minimum absolute atomic E-state index is 0.0708. The van der Waals surface area contributed by atoms with Crippen LogP contribution in [-0.2, 0) is 4.79 Å². The molecule has 0 radical (unpaired) electrons. The van der Waals surface area contributed by atoms with Crippen LogP contribution in [0, 0.1) is 18.3 Å². The van der Waals surface area contributed by atoms with Crippen LogP contribution in [0.4, 0.5) is 0 Å². The molecular weight excluding hydrogens is 200 g/mol. The Balaban J connectivity index is 2.22. The Hall–Kier alpha value is -1.01. The number of terminal acetylenes is 1. The lowest BCUT2D eigenvalue weighted by atomic mass is 9.93. The van der Waals surface area contributed by atoms with E-state index in [1.54, 1.807) is 0 Å². The second kappa shape index (κ2) is 5.91. The summed E-state index contributed by atoms with van der Waals surface area (Å²) in [5, 5.41) is 6.18. The van der Waals surface area contributed by atoms with Crippen LogP contribution < -0.4 is 10.6 Å². The van der Waals surface area contributed by atoms with Crippen LogP contribution in [0.25, 0.3) is 0 Å². The molecule has 16 heavy (non-hydrogen) atoms. The van der Waals surface area contributed by atoms with Crippen molar-refractivity contribution in [2.45, 2.75) is 45.1 Å². The summed E-state index contributed by atoms with van der Waals surface area (Å²) in [5.41, 5.74) is -0.523. The molecule has 1 saturated heterocycles. The quantitative estimate of drug-likeness (QED) is 0.704.